The number of hydrogen-bond acceptors (Lipinski definition) is 5. The zero-order chi connectivity index (χ0) is 21.6. The first kappa shape index (κ1) is 21.4. The van der Waals surface area contributed by atoms with Crippen molar-refractivity contribution in [3.05, 3.63) is 66.1 Å². The van der Waals surface area contributed by atoms with Crippen LogP contribution in [0.4, 0.5) is 0 Å². The molecule has 0 radical (unpaired) electrons. The van der Waals surface area contributed by atoms with E-state index >= 15 is 0 Å². The largest absolute Gasteiger partial charge is 0.346 e. The van der Waals surface area contributed by atoms with Crippen LogP contribution in [0.5, 0.6) is 0 Å². The molecule has 0 aliphatic carbocycles. The number of piperidine rings is 1. The molecule has 0 spiro atoms. The molecular formula is C23H27N5O2S. The van der Waals surface area contributed by atoms with Gasteiger partial charge in [-0.15, -0.1) is 10.2 Å². The van der Waals surface area contributed by atoms with E-state index in [4.69, 9.17) is 0 Å². The molecule has 2 aromatic heterocycles. The topological polar surface area (TPSA) is 79.6 Å². The molecule has 1 atom stereocenters. The number of benzene rings is 1. The van der Waals surface area contributed by atoms with Crippen LogP contribution in [0.15, 0.2) is 54.7 Å². The third kappa shape index (κ3) is 4.90. The zero-order valence-corrected chi connectivity index (χ0v) is 18.4. The van der Waals surface area contributed by atoms with Gasteiger partial charge in [0.15, 0.2) is 11.5 Å². The van der Waals surface area contributed by atoms with Crippen molar-refractivity contribution in [1.29, 1.82) is 0 Å². The monoisotopic (exact) mass is 437 g/mol. The normalized spacial score (nSPS) is 15.7. The number of nitrogens with zero attached hydrogens (tertiary/aromatic N) is 4. The summed E-state index contributed by atoms with van der Waals surface area (Å²) in [5.41, 5.74) is 1.47. The molecule has 0 saturated carbocycles. The summed E-state index contributed by atoms with van der Waals surface area (Å²) in [5, 5.41) is 11.8. The zero-order valence-electron chi connectivity index (χ0n) is 17.6. The summed E-state index contributed by atoms with van der Waals surface area (Å²) < 4.78 is 1.94. The molecule has 0 unspecified atom stereocenters. The number of rotatable bonds is 7. The minimum atomic E-state index is -0.193. The predicted molar refractivity (Wildman–Crippen MR) is 122 cm³/mol. The lowest BCUT2D eigenvalue weighted by molar-refractivity contribution is -0.127. The van der Waals surface area contributed by atoms with Crippen molar-refractivity contribution >= 4 is 29.2 Å². The van der Waals surface area contributed by atoms with Crippen molar-refractivity contribution < 1.29 is 9.59 Å². The molecule has 3 heterocycles. The van der Waals surface area contributed by atoms with Gasteiger partial charge in [0.25, 0.3) is 5.91 Å². The average molecular weight is 438 g/mol. The molecule has 1 aliphatic heterocycles. The lowest BCUT2D eigenvalue weighted by Gasteiger charge is -2.32. The summed E-state index contributed by atoms with van der Waals surface area (Å²) in [5.74, 6) is 1.64. The maximum atomic E-state index is 13.1. The molecular weight excluding hydrogens is 410 g/mol. The Bertz CT molecular complexity index is 1030. The van der Waals surface area contributed by atoms with Gasteiger partial charge in [-0.2, -0.15) is 11.8 Å². The molecule has 1 aliphatic rings. The maximum absolute atomic E-state index is 13.1. The summed E-state index contributed by atoms with van der Waals surface area (Å²) in [6.45, 7) is 1.18. The highest BCUT2D eigenvalue weighted by Crippen LogP contribution is 2.23. The van der Waals surface area contributed by atoms with Crippen molar-refractivity contribution in [2.75, 3.05) is 25.1 Å². The quantitative estimate of drug-likeness (QED) is 0.614. The number of fused-ring (bicyclic) bond motifs is 1. The number of amides is 2. The second-order valence-corrected chi connectivity index (χ2v) is 8.75. The number of carbonyl (C=O) groups excluding carboxylic acids is 2. The Morgan fingerprint density at radius 1 is 1.10 bits per heavy atom. The van der Waals surface area contributed by atoms with E-state index < -0.39 is 0 Å². The van der Waals surface area contributed by atoms with E-state index in [0.29, 0.717) is 31.5 Å². The first-order chi connectivity index (χ1) is 15.2. The van der Waals surface area contributed by atoms with Gasteiger partial charge in [-0.25, -0.2) is 0 Å². The van der Waals surface area contributed by atoms with Crippen LogP contribution in [0.25, 0.3) is 5.65 Å². The fraction of sp³-hybridized carbons (Fsp3) is 0.391. The van der Waals surface area contributed by atoms with Crippen molar-refractivity contribution in [2.24, 2.45) is 5.92 Å². The Hall–Kier alpha value is -2.87. The van der Waals surface area contributed by atoms with Gasteiger partial charge in [0.1, 0.15) is 0 Å². The van der Waals surface area contributed by atoms with Crippen LogP contribution in [0, 0.1) is 5.92 Å². The molecule has 4 rings (SSSR count). The number of likely N-dealkylation sites (tertiary alicyclic amines) is 1. The van der Waals surface area contributed by atoms with Crippen molar-refractivity contribution in [2.45, 2.75) is 25.3 Å². The fourth-order valence-corrected chi connectivity index (χ4v) is 4.47. The van der Waals surface area contributed by atoms with E-state index in [9.17, 15) is 9.59 Å². The van der Waals surface area contributed by atoms with Crippen LogP contribution in [0.2, 0.25) is 0 Å². The Kier molecular flexibility index (Phi) is 6.86. The Morgan fingerprint density at radius 2 is 1.84 bits per heavy atom. The second-order valence-electron chi connectivity index (χ2n) is 7.76. The standard InChI is InChI=1S/C23H27N5O2S/c1-31-16-12-19(21-26-25-20-9-5-6-13-28(20)21)24-22(29)17-10-14-27(15-11-17)23(30)18-7-3-2-4-8-18/h2-9,13,17,19H,10-12,14-16H2,1H3,(H,24,29)/t19-/m0/s1. The Balaban J connectivity index is 1.40. The number of carbonyl (C=O) groups is 2. The molecule has 1 saturated heterocycles. The molecule has 1 fully saturated rings. The van der Waals surface area contributed by atoms with Gasteiger partial charge in [-0.05, 0) is 55.5 Å². The van der Waals surface area contributed by atoms with Crippen LogP contribution < -0.4 is 5.32 Å². The number of pyridine rings is 1. The van der Waals surface area contributed by atoms with Crippen LogP contribution in [0.1, 0.15) is 41.5 Å². The van der Waals surface area contributed by atoms with E-state index in [2.05, 4.69) is 21.8 Å². The third-order valence-corrected chi connectivity index (χ3v) is 6.40. The van der Waals surface area contributed by atoms with Crippen molar-refractivity contribution in [3.63, 3.8) is 0 Å². The molecule has 0 bridgehead atoms. The first-order valence-corrected chi connectivity index (χ1v) is 12.0. The van der Waals surface area contributed by atoms with Gasteiger partial charge in [0.2, 0.25) is 5.91 Å². The summed E-state index contributed by atoms with van der Waals surface area (Å²) in [6.07, 6.45) is 6.10. The lowest BCUT2D eigenvalue weighted by atomic mass is 9.95. The minimum Gasteiger partial charge on any atom is -0.346 e. The molecule has 7 nitrogen and oxygen atoms in total. The summed E-state index contributed by atoms with van der Waals surface area (Å²) in [4.78, 5) is 27.6. The number of nitrogens with one attached hydrogen (secondary N) is 1. The van der Waals surface area contributed by atoms with Gasteiger partial charge in [-0.1, -0.05) is 24.3 Å². The highest BCUT2D eigenvalue weighted by molar-refractivity contribution is 7.98. The Morgan fingerprint density at radius 3 is 2.58 bits per heavy atom. The van der Waals surface area contributed by atoms with Gasteiger partial charge in [0, 0.05) is 30.8 Å². The number of thioether (sulfide) groups is 1. The predicted octanol–water partition coefficient (Wildman–Crippen LogP) is 3.19. The van der Waals surface area contributed by atoms with Gasteiger partial charge < -0.3 is 10.2 Å². The van der Waals surface area contributed by atoms with Crippen LogP contribution in [0.3, 0.4) is 0 Å². The molecule has 1 N–H and O–H groups in total. The first-order valence-electron chi connectivity index (χ1n) is 10.6. The average Bonchev–Trinajstić information content (AvgIpc) is 3.26. The highest BCUT2D eigenvalue weighted by Gasteiger charge is 2.30. The van der Waals surface area contributed by atoms with E-state index in [1.807, 2.05) is 64.0 Å². The van der Waals surface area contributed by atoms with E-state index in [1.54, 1.807) is 11.8 Å². The Labute approximate surface area is 186 Å². The van der Waals surface area contributed by atoms with Crippen LogP contribution >= 0.6 is 11.8 Å². The second kappa shape index (κ2) is 9.96. The van der Waals surface area contributed by atoms with E-state index in [-0.39, 0.29) is 23.8 Å². The maximum Gasteiger partial charge on any atom is 0.253 e. The molecule has 1 aromatic carbocycles. The van der Waals surface area contributed by atoms with Crippen LogP contribution in [-0.4, -0.2) is 56.4 Å². The molecule has 8 heteroatoms. The number of aromatic nitrogens is 3. The van der Waals surface area contributed by atoms with Crippen molar-refractivity contribution in [3.8, 4) is 0 Å². The molecule has 3 aromatic rings. The van der Waals surface area contributed by atoms with E-state index in [1.165, 1.54) is 0 Å². The van der Waals surface area contributed by atoms with Gasteiger partial charge >= 0.3 is 0 Å². The van der Waals surface area contributed by atoms with Crippen molar-refractivity contribution in [1.82, 2.24) is 24.8 Å². The van der Waals surface area contributed by atoms with Gasteiger partial charge in [-0.3, -0.25) is 14.0 Å². The SMILES string of the molecule is CSCC[C@H](NC(=O)C1CCN(C(=O)c2ccccc2)CC1)c1nnc2ccccn12. The van der Waals surface area contributed by atoms with E-state index in [0.717, 1.165) is 23.6 Å². The third-order valence-electron chi connectivity index (χ3n) is 5.75. The fourth-order valence-electron chi connectivity index (χ4n) is 4.00. The highest BCUT2D eigenvalue weighted by atomic mass is 32.2. The summed E-state index contributed by atoms with van der Waals surface area (Å²) in [6, 6.07) is 14.9. The molecule has 162 valence electrons. The van der Waals surface area contributed by atoms with Gasteiger partial charge in [0.05, 0.1) is 6.04 Å². The lowest BCUT2D eigenvalue weighted by Crippen LogP contribution is -2.44. The minimum absolute atomic E-state index is 0.0330. The summed E-state index contributed by atoms with van der Waals surface area (Å²) >= 11 is 1.74. The smallest absolute Gasteiger partial charge is 0.253 e. The molecule has 2 amide bonds. The summed E-state index contributed by atoms with van der Waals surface area (Å²) in [7, 11) is 0. The number of hydrogen-bond donors (Lipinski definition) is 1. The molecule has 31 heavy (non-hydrogen) atoms. The van der Waals surface area contributed by atoms with Crippen LogP contribution in [-0.2, 0) is 4.79 Å².